The van der Waals surface area contributed by atoms with E-state index in [0.717, 1.165) is 16.4 Å². The van der Waals surface area contributed by atoms with Crippen molar-refractivity contribution < 1.29 is 0 Å². The van der Waals surface area contributed by atoms with E-state index in [2.05, 4.69) is 169 Å². The lowest BCUT2D eigenvalue weighted by molar-refractivity contribution is 0.819. The quantitative estimate of drug-likeness (QED) is 0.133. The molecule has 1 aliphatic heterocycles. The Bertz CT molecular complexity index is 1610. The average Bonchev–Trinajstić information content (AvgIpc) is 3.29. The van der Waals surface area contributed by atoms with Gasteiger partial charge in [-0.25, -0.2) is 0 Å². The molecule has 1 aliphatic rings. The average molecular weight is 636 g/mol. The SMILES string of the molecule is C=C1N(c2c(C(C)C)cccc2C(C)C)C(Cl)=C([P+](C)(c2ccccc2)c2ccccc2)N1c1c(C(C)C)cccc1C(C)C. The van der Waals surface area contributed by atoms with Gasteiger partial charge in [0.05, 0.1) is 18.0 Å². The van der Waals surface area contributed by atoms with Gasteiger partial charge in [0.15, 0.2) is 5.16 Å². The topological polar surface area (TPSA) is 6.48 Å². The standard InChI is InChI=1S/C41H49ClN2P/c1-27(2)34-23-17-24-35(28(3)4)38(34)43-31(9)44(39-36(29(5)6)25-18-26-37(39)30(7)8)41(40(43)42)45(10,32-19-13-11-14-20-32)33-21-15-12-16-22-33/h11-30H,9H2,1-8,10H3/q+1. The number of hydrogen-bond donors (Lipinski definition) is 0. The Balaban J connectivity index is 1.96. The first kappa shape index (κ1) is 33.1. The van der Waals surface area contributed by atoms with Crippen molar-refractivity contribution in [1.29, 1.82) is 0 Å². The highest BCUT2D eigenvalue weighted by molar-refractivity contribution is 7.92. The van der Waals surface area contributed by atoms with Gasteiger partial charge >= 0.3 is 0 Å². The zero-order valence-electron chi connectivity index (χ0n) is 28.5. The Hall–Kier alpha value is -3.32. The molecule has 5 rings (SSSR count). The molecule has 0 unspecified atom stereocenters. The van der Waals surface area contributed by atoms with Gasteiger partial charge in [-0.2, -0.15) is 0 Å². The van der Waals surface area contributed by atoms with Crippen LogP contribution in [-0.2, 0) is 0 Å². The van der Waals surface area contributed by atoms with Crippen LogP contribution in [-0.4, -0.2) is 6.66 Å². The zero-order valence-corrected chi connectivity index (χ0v) is 30.1. The van der Waals surface area contributed by atoms with Crippen molar-refractivity contribution >= 4 is 40.8 Å². The largest absolute Gasteiger partial charge is 0.281 e. The molecule has 0 amide bonds. The monoisotopic (exact) mass is 635 g/mol. The molecular formula is C41H49ClN2P+. The van der Waals surface area contributed by atoms with Crippen LogP contribution in [0, 0.1) is 0 Å². The molecule has 234 valence electrons. The van der Waals surface area contributed by atoms with Crippen LogP contribution in [0.4, 0.5) is 11.4 Å². The molecule has 2 nitrogen and oxygen atoms in total. The highest BCUT2D eigenvalue weighted by Crippen LogP contribution is 2.67. The summed E-state index contributed by atoms with van der Waals surface area (Å²) in [7, 11) is -2.30. The highest BCUT2D eigenvalue weighted by atomic mass is 35.5. The van der Waals surface area contributed by atoms with E-state index in [-0.39, 0.29) is 0 Å². The number of hydrogen-bond acceptors (Lipinski definition) is 2. The molecule has 4 aromatic carbocycles. The zero-order chi connectivity index (χ0) is 32.6. The third-order valence-electron chi connectivity index (χ3n) is 9.21. The van der Waals surface area contributed by atoms with E-state index in [1.165, 1.54) is 44.2 Å². The summed E-state index contributed by atoms with van der Waals surface area (Å²) in [5.74, 6) is 2.14. The van der Waals surface area contributed by atoms with Gasteiger partial charge in [0, 0.05) is 0 Å². The van der Waals surface area contributed by atoms with Crippen LogP contribution in [0.15, 0.2) is 120 Å². The molecule has 0 spiro atoms. The fraction of sp³-hybridized carbons (Fsp3) is 0.317. The number of para-hydroxylation sites is 2. The van der Waals surface area contributed by atoms with Crippen molar-refractivity contribution in [3.8, 4) is 0 Å². The van der Waals surface area contributed by atoms with Gasteiger partial charge < -0.3 is 0 Å². The highest BCUT2D eigenvalue weighted by Gasteiger charge is 2.54. The Kier molecular flexibility index (Phi) is 9.69. The van der Waals surface area contributed by atoms with E-state index in [0.29, 0.717) is 23.7 Å². The van der Waals surface area contributed by atoms with E-state index in [9.17, 15) is 0 Å². The van der Waals surface area contributed by atoms with Gasteiger partial charge in [0.25, 0.3) is 0 Å². The van der Waals surface area contributed by atoms with Crippen molar-refractivity contribution in [3.05, 3.63) is 142 Å². The molecule has 1 heterocycles. The molecule has 0 N–H and O–H groups in total. The fourth-order valence-corrected chi connectivity index (χ4v) is 10.9. The van der Waals surface area contributed by atoms with Crippen molar-refractivity contribution in [2.24, 2.45) is 0 Å². The predicted molar refractivity (Wildman–Crippen MR) is 201 cm³/mol. The maximum Gasteiger partial charge on any atom is 0.215 e. The Morgan fingerprint density at radius 2 is 0.844 bits per heavy atom. The van der Waals surface area contributed by atoms with Gasteiger partial charge in [-0.05, 0) is 70.2 Å². The molecule has 0 aromatic heterocycles. The van der Waals surface area contributed by atoms with Crippen LogP contribution < -0.4 is 20.4 Å². The fourth-order valence-electron chi connectivity index (χ4n) is 6.76. The van der Waals surface area contributed by atoms with Crippen LogP contribution in [0.1, 0.15) is 101 Å². The molecule has 0 saturated heterocycles. The Morgan fingerprint density at radius 1 is 0.511 bits per heavy atom. The first-order chi connectivity index (χ1) is 21.4. The second-order valence-electron chi connectivity index (χ2n) is 13.6. The number of halogens is 1. The summed E-state index contributed by atoms with van der Waals surface area (Å²) in [5.41, 5.74) is 8.69. The van der Waals surface area contributed by atoms with E-state index in [4.69, 9.17) is 18.2 Å². The summed E-state index contributed by atoms with van der Waals surface area (Å²) in [5, 5.41) is 3.32. The minimum Gasteiger partial charge on any atom is -0.281 e. The number of benzene rings is 4. The second kappa shape index (κ2) is 13.2. The maximum absolute atomic E-state index is 7.95. The van der Waals surface area contributed by atoms with Gasteiger partial charge in [-0.3, -0.25) is 9.80 Å². The molecular weight excluding hydrogens is 587 g/mol. The molecule has 4 aromatic rings. The van der Waals surface area contributed by atoms with E-state index in [1.807, 2.05) is 0 Å². The normalized spacial score (nSPS) is 14.2. The second-order valence-corrected chi connectivity index (χ2v) is 17.4. The molecule has 0 bridgehead atoms. The van der Waals surface area contributed by atoms with Crippen molar-refractivity contribution in [3.63, 3.8) is 0 Å². The third kappa shape index (κ3) is 5.77. The van der Waals surface area contributed by atoms with Crippen molar-refractivity contribution in [1.82, 2.24) is 0 Å². The Labute approximate surface area is 277 Å². The summed E-state index contributed by atoms with van der Waals surface area (Å²) in [6.45, 7) is 25.6. The van der Waals surface area contributed by atoms with Crippen molar-refractivity contribution in [2.45, 2.75) is 79.1 Å². The number of rotatable bonds is 9. The van der Waals surface area contributed by atoms with E-state index in [1.54, 1.807) is 0 Å². The summed E-state index contributed by atoms with van der Waals surface area (Å²) in [4.78, 5) is 4.74. The summed E-state index contributed by atoms with van der Waals surface area (Å²) in [6, 6.07) is 35.4. The smallest absolute Gasteiger partial charge is 0.215 e. The maximum atomic E-state index is 7.95. The van der Waals surface area contributed by atoms with Crippen LogP contribution in [0.2, 0.25) is 0 Å². The predicted octanol–water partition coefficient (Wildman–Crippen LogP) is 11.6. The van der Waals surface area contributed by atoms with Crippen LogP contribution >= 0.6 is 18.9 Å². The summed E-state index contributed by atoms with van der Waals surface area (Å²) in [6.07, 6.45) is 0. The van der Waals surface area contributed by atoms with Gasteiger partial charge in [0.1, 0.15) is 23.7 Å². The molecule has 0 fully saturated rings. The third-order valence-corrected chi connectivity index (χ3v) is 13.6. The lowest BCUT2D eigenvalue weighted by Crippen LogP contribution is -2.32. The first-order valence-corrected chi connectivity index (χ1v) is 18.9. The molecule has 45 heavy (non-hydrogen) atoms. The Morgan fingerprint density at radius 3 is 1.18 bits per heavy atom. The number of anilines is 2. The molecule has 4 heteroatoms. The van der Waals surface area contributed by atoms with Crippen LogP contribution in [0.3, 0.4) is 0 Å². The lowest BCUT2D eigenvalue weighted by Gasteiger charge is -2.35. The minimum absolute atomic E-state index is 0.312. The molecule has 0 saturated carbocycles. The van der Waals surface area contributed by atoms with Gasteiger partial charge in [-0.1, -0.05) is 146 Å². The summed E-state index contributed by atoms with van der Waals surface area (Å²) < 4.78 is 0. The molecule has 0 radical (unpaired) electrons. The van der Waals surface area contributed by atoms with Gasteiger partial charge in [0.2, 0.25) is 5.44 Å². The van der Waals surface area contributed by atoms with Crippen LogP contribution in [0.5, 0.6) is 0 Å². The number of nitrogens with zero attached hydrogens (tertiary/aromatic N) is 2. The minimum atomic E-state index is -2.30. The van der Waals surface area contributed by atoms with Gasteiger partial charge in [-0.15, -0.1) is 0 Å². The van der Waals surface area contributed by atoms with E-state index < -0.39 is 7.26 Å². The lowest BCUT2D eigenvalue weighted by atomic mass is 9.91. The molecule has 0 atom stereocenters. The van der Waals surface area contributed by atoms with E-state index >= 15 is 0 Å². The van der Waals surface area contributed by atoms with Crippen molar-refractivity contribution in [2.75, 3.05) is 16.5 Å². The summed E-state index contributed by atoms with van der Waals surface area (Å²) >= 11 is 7.95. The first-order valence-electron chi connectivity index (χ1n) is 16.3. The van der Waals surface area contributed by atoms with Crippen LogP contribution in [0.25, 0.3) is 0 Å². The molecule has 0 aliphatic carbocycles.